The van der Waals surface area contributed by atoms with Crippen LogP contribution in [0, 0.1) is 11.3 Å². The maximum Gasteiger partial charge on any atom is 0.237 e. The molecule has 2 rings (SSSR count). The average molecular weight is 270 g/mol. The molecule has 0 bridgehead atoms. The van der Waals surface area contributed by atoms with Gasteiger partial charge in [0.2, 0.25) is 10.0 Å². The number of anilines is 1. The van der Waals surface area contributed by atoms with Crippen LogP contribution < -0.4 is 4.72 Å². The molecule has 1 N–H and O–H groups in total. The normalized spacial score (nSPS) is 17.3. The van der Waals surface area contributed by atoms with Crippen molar-refractivity contribution in [2.24, 2.45) is 7.05 Å². The summed E-state index contributed by atoms with van der Waals surface area (Å²) >= 11 is 0. The van der Waals surface area contributed by atoms with Gasteiger partial charge in [0.1, 0.15) is 11.6 Å². The van der Waals surface area contributed by atoms with Gasteiger partial charge in [-0.3, -0.25) is 9.40 Å². The lowest BCUT2D eigenvalue weighted by Crippen LogP contribution is -2.33. The van der Waals surface area contributed by atoms with Crippen LogP contribution in [0.1, 0.15) is 18.4 Å². The fraction of sp³-hybridized carbons (Fsp3) is 0.600. The van der Waals surface area contributed by atoms with E-state index in [1.54, 1.807) is 7.05 Å². The first kappa shape index (κ1) is 12.9. The van der Waals surface area contributed by atoms with E-state index in [2.05, 4.69) is 9.82 Å². The fourth-order valence-electron chi connectivity index (χ4n) is 1.85. The van der Waals surface area contributed by atoms with Crippen molar-refractivity contribution < 1.29 is 13.2 Å². The van der Waals surface area contributed by atoms with Crippen molar-refractivity contribution in [2.75, 3.05) is 17.9 Å². The zero-order valence-corrected chi connectivity index (χ0v) is 10.8. The van der Waals surface area contributed by atoms with Crippen LogP contribution in [0.4, 0.5) is 5.82 Å². The topological polar surface area (TPSA) is 97.0 Å². The Morgan fingerprint density at radius 3 is 2.83 bits per heavy atom. The van der Waals surface area contributed by atoms with Crippen molar-refractivity contribution >= 4 is 15.8 Å². The number of rotatable bonds is 3. The smallest absolute Gasteiger partial charge is 0.237 e. The van der Waals surface area contributed by atoms with E-state index in [-0.39, 0.29) is 11.4 Å². The molecule has 8 heteroatoms. The van der Waals surface area contributed by atoms with Gasteiger partial charge in [-0.15, -0.1) is 0 Å². The SMILES string of the molecule is Cn1cc(C#N)c(NS(=O)(=O)C2CCOCC2)n1. The number of ether oxygens (including phenoxy) is 1. The number of aryl methyl sites for hydroxylation is 1. The zero-order valence-electron chi connectivity index (χ0n) is 9.96. The molecule has 98 valence electrons. The van der Waals surface area contributed by atoms with Crippen molar-refractivity contribution in [1.82, 2.24) is 9.78 Å². The third-order valence-corrected chi connectivity index (χ3v) is 4.62. The monoisotopic (exact) mass is 270 g/mol. The third kappa shape index (κ3) is 2.63. The van der Waals surface area contributed by atoms with Crippen molar-refractivity contribution in [3.05, 3.63) is 11.8 Å². The van der Waals surface area contributed by atoms with Crippen molar-refractivity contribution in [3.63, 3.8) is 0 Å². The molecule has 0 spiro atoms. The van der Waals surface area contributed by atoms with E-state index in [1.807, 2.05) is 6.07 Å². The highest BCUT2D eigenvalue weighted by molar-refractivity contribution is 7.93. The largest absolute Gasteiger partial charge is 0.381 e. The fourth-order valence-corrected chi connectivity index (χ4v) is 3.25. The number of hydrogen-bond donors (Lipinski definition) is 1. The Bertz CT molecular complexity index is 566. The van der Waals surface area contributed by atoms with Crippen LogP contribution in [0.15, 0.2) is 6.20 Å². The molecule has 1 aromatic heterocycles. The molecule has 1 aliphatic rings. The van der Waals surface area contributed by atoms with Gasteiger partial charge in [0.15, 0.2) is 5.82 Å². The van der Waals surface area contributed by atoms with E-state index < -0.39 is 15.3 Å². The minimum absolute atomic E-state index is 0.0893. The summed E-state index contributed by atoms with van der Waals surface area (Å²) < 4.78 is 33.1. The number of nitrogens with zero attached hydrogens (tertiary/aromatic N) is 3. The van der Waals surface area contributed by atoms with Crippen LogP contribution in [0.2, 0.25) is 0 Å². The maximum atomic E-state index is 12.1. The number of nitrogens with one attached hydrogen (secondary N) is 1. The molecule has 18 heavy (non-hydrogen) atoms. The van der Waals surface area contributed by atoms with Gasteiger partial charge in [-0.2, -0.15) is 10.4 Å². The maximum absolute atomic E-state index is 12.1. The van der Waals surface area contributed by atoms with Gasteiger partial charge in [0, 0.05) is 26.5 Å². The molecule has 2 heterocycles. The Morgan fingerprint density at radius 2 is 2.22 bits per heavy atom. The molecular formula is C10H14N4O3S. The van der Waals surface area contributed by atoms with Gasteiger partial charge in [0.25, 0.3) is 0 Å². The molecule has 1 aromatic rings. The molecule has 0 atom stereocenters. The summed E-state index contributed by atoms with van der Waals surface area (Å²) in [6.45, 7) is 0.887. The Labute approximate surface area is 105 Å². The van der Waals surface area contributed by atoms with E-state index >= 15 is 0 Å². The lowest BCUT2D eigenvalue weighted by Gasteiger charge is -2.22. The molecule has 0 aromatic carbocycles. The molecule has 7 nitrogen and oxygen atoms in total. The molecule has 1 aliphatic heterocycles. The van der Waals surface area contributed by atoms with Crippen LogP contribution in [0.25, 0.3) is 0 Å². The van der Waals surface area contributed by atoms with Gasteiger partial charge in [-0.1, -0.05) is 0 Å². The minimum atomic E-state index is -3.51. The van der Waals surface area contributed by atoms with Crippen LogP contribution in [0.3, 0.4) is 0 Å². The highest BCUT2D eigenvalue weighted by Gasteiger charge is 2.29. The van der Waals surface area contributed by atoms with Crippen molar-refractivity contribution in [2.45, 2.75) is 18.1 Å². The summed E-state index contributed by atoms with van der Waals surface area (Å²) in [4.78, 5) is 0. The average Bonchev–Trinajstić information content (AvgIpc) is 2.70. The van der Waals surface area contributed by atoms with E-state index in [0.29, 0.717) is 26.1 Å². The molecule has 0 unspecified atom stereocenters. The summed E-state index contributed by atoms with van der Waals surface area (Å²) in [5.74, 6) is 0.0893. The Hall–Kier alpha value is -1.59. The summed E-state index contributed by atoms with van der Waals surface area (Å²) in [6.07, 6.45) is 2.40. The standard InChI is InChI=1S/C10H14N4O3S/c1-14-7-8(6-11)10(12-14)13-18(15,16)9-2-4-17-5-3-9/h7,9H,2-5H2,1H3,(H,12,13). The first-order valence-corrected chi connectivity index (χ1v) is 7.10. The predicted octanol–water partition coefficient (Wildman–Crippen LogP) is 0.212. The Morgan fingerprint density at radius 1 is 1.56 bits per heavy atom. The summed E-state index contributed by atoms with van der Waals surface area (Å²) in [5.41, 5.74) is 0.216. The Balaban J connectivity index is 2.19. The van der Waals surface area contributed by atoms with Gasteiger partial charge < -0.3 is 4.74 Å². The lowest BCUT2D eigenvalue weighted by atomic mass is 10.2. The minimum Gasteiger partial charge on any atom is -0.381 e. The second-order valence-electron chi connectivity index (χ2n) is 4.14. The summed E-state index contributed by atoms with van der Waals surface area (Å²) in [5, 5.41) is 12.3. The van der Waals surface area contributed by atoms with Gasteiger partial charge in [0.05, 0.1) is 5.25 Å². The van der Waals surface area contributed by atoms with E-state index in [9.17, 15) is 8.42 Å². The summed E-state index contributed by atoms with van der Waals surface area (Å²) in [7, 11) is -1.88. The lowest BCUT2D eigenvalue weighted by molar-refractivity contribution is 0.0984. The highest BCUT2D eigenvalue weighted by Crippen LogP contribution is 2.20. The first-order chi connectivity index (χ1) is 8.53. The molecule has 1 saturated heterocycles. The number of aromatic nitrogens is 2. The molecule has 0 radical (unpaired) electrons. The van der Waals surface area contributed by atoms with E-state index in [1.165, 1.54) is 10.9 Å². The molecule has 0 amide bonds. The number of nitriles is 1. The molecular weight excluding hydrogens is 256 g/mol. The van der Waals surface area contributed by atoms with Crippen molar-refractivity contribution in [1.29, 1.82) is 5.26 Å². The third-order valence-electron chi connectivity index (χ3n) is 2.80. The van der Waals surface area contributed by atoms with Gasteiger partial charge in [-0.25, -0.2) is 8.42 Å². The number of sulfonamides is 1. The second kappa shape index (κ2) is 4.96. The van der Waals surface area contributed by atoms with Gasteiger partial charge in [-0.05, 0) is 12.8 Å². The van der Waals surface area contributed by atoms with E-state index in [0.717, 1.165) is 0 Å². The number of hydrogen-bond acceptors (Lipinski definition) is 5. The first-order valence-electron chi connectivity index (χ1n) is 5.56. The van der Waals surface area contributed by atoms with E-state index in [4.69, 9.17) is 10.00 Å². The molecule has 0 saturated carbocycles. The zero-order chi connectivity index (χ0) is 13.2. The van der Waals surface area contributed by atoms with Gasteiger partial charge >= 0.3 is 0 Å². The summed E-state index contributed by atoms with van der Waals surface area (Å²) in [6, 6.07) is 1.91. The van der Waals surface area contributed by atoms with Crippen LogP contribution in [-0.4, -0.2) is 36.7 Å². The second-order valence-corrected chi connectivity index (χ2v) is 6.10. The van der Waals surface area contributed by atoms with Crippen molar-refractivity contribution in [3.8, 4) is 6.07 Å². The van der Waals surface area contributed by atoms with Crippen LogP contribution in [-0.2, 0) is 21.8 Å². The van der Waals surface area contributed by atoms with Crippen LogP contribution >= 0.6 is 0 Å². The predicted molar refractivity (Wildman–Crippen MR) is 64.3 cm³/mol. The highest BCUT2D eigenvalue weighted by atomic mass is 32.2. The molecule has 1 fully saturated rings. The molecule has 0 aliphatic carbocycles. The quantitative estimate of drug-likeness (QED) is 0.847. The Kier molecular flexibility index (Phi) is 3.54. The van der Waals surface area contributed by atoms with Crippen LogP contribution in [0.5, 0.6) is 0 Å².